The van der Waals surface area contributed by atoms with Crippen LogP contribution in [0.5, 0.6) is 0 Å². The Morgan fingerprint density at radius 1 is 1.56 bits per heavy atom. The van der Waals surface area contributed by atoms with Crippen LogP contribution in [-0.4, -0.2) is 47.4 Å². The first-order chi connectivity index (χ1) is 8.63. The molecule has 100 valence electrons. The summed E-state index contributed by atoms with van der Waals surface area (Å²) >= 11 is 0. The van der Waals surface area contributed by atoms with Gasteiger partial charge in [0.25, 0.3) is 0 Å². The summed E-state index contributed by atoms with van der Waals surface area (Å²) in [7, 11) is 0. The number of aromatic nitrogens is 1. The third-order valence-electron chi connectivity index (χ3n) is 3.54. The molecule has 1 fully saturated rings. The molecule has 0 saturated carbocycles. The van der Waals surface area contributed by atoms with Crippen LogP contribution in [0.1, 0.15) is 16.8 Å². The van der Waals surface area contributed by atoms with E-state index in [2.05, 4.69) is 9.88 Å². The summed E-state index contributed by atoms with van der Waals surface area (Å²) in [4.78, 5) is 17.2. The summed E-state index contributed by atoms with van der Waals surface area (Å²) in [6.45, 7) is 6.37. The largest absolute Gasteiger partial charge is 0.395 e. The number of pyridine rings is 1. The molecular weight excluding hydrogens is 232 g/mol. The van der Waals surface area contributed by atoms with Crippen LogP contribution in [0.15, 0.2) is 11.0 Å². The van der Waals surface area contributed by atoms with Gasteiger partial charge in [0.2, 0.25) is 0 Å². The van der Waals surface area contributed by atoms with Gasteiger partial charge in [0.05, 0.1) is 25.9 Å². The molecule has 2 N–H and O–H groups in total. The second kappa shape index (κ2) is 5.65. The Balaban J connectivity index is 2.18. The second-order valence-corrected chi connectivity index (χ2v) is 4.79. The Bertz CT molecular complexity index is 470. The Morgan fingerprint density at radius 2 is 2.33 bits per heavy atom. The standard InChI is InChI=1S/C13H20N2O3/c1-9-5-14-12(10(2)13(9)17)6-15-3-4-18-8-11(15)7-16/h5,11,16H,3-4,6-8H2,1-2H3,(H,14,17)/t11-/m1/s1. The molecule has 0 aromatic carbocycles. The highest BCUT2D eigenvalue weighted by Crippen LogP contribution is 2.12. The number of morpholine rings is 1. The quantitative estimate of drug-likeness (QED) is 0.805. The van der Waals surface area contributed by atoms with E-state index in [4.69, 9.17) is 4.74 Å². The Hall–Kier alpha value is -1.17. The highest BCUT2D eigenvalue weighted by atomic mass is 16.5. The number of aliphatic hydroxyl groups is 1. The van der Waals surface area contributed by atoms with Crippen molar-refractivity contribution in [2.45, 2.75) is 26.4 Å². The maximum atomic E-state index is 11.9. The summed E-state index contributed by atoms with van der Waals surface area (Å²) in [6, 6.07) is 0.0166. The van der Waals surface area contributed by atoms with Crippen LogP contribution in [-0.2, 0) is 11.3 Å². The number of aromatic amines is 1. The van der Waals surface area contributed by atoms with Crippen molar-refractivity contribution in [3.63, 3.8) is 0 Å². The van der Waals surface area contributed by atoms with Gasteiger partial charge in [0.1, 0.15) is 0 Å². The lowest BCUT2D eigenvalue weighted by Gasteiger charge is -2.34. The van der Waals surface area contributed by atoms with Crippen LogP contribution >= 0.6 is 0 Å². The summed E-state index contributed by atoms with van der Waals surface area (Å²) in [5.41, 5.74) is 2.51. The average molecular weight is 252 g/mol. The minimum absolute atomic E-state index is 0.0166. The first kappa shape index (κ1) is 13.3. The van der Waals surface area contributed by atoms with Crippen LogP contribution in [0.3, 0.4) is 0 Å². The smallest absolute Gasteiger partial charge is 0.187 e. The predicted octanol–water partition coefficient (Wildman–Crippen LogP) is 0.185. The van der Waals surface area contributed by atoms with Gasteiger partial charge in [-0.1, -0.05) is 0 Å². The SMILES string of the molecule is Cc1c[nH]c(CN2CCOC[C@H]2CO)c(C)c1=O. The Labute approximate surface area is 106 Å². The lowest BCUT2D eigenvalue weighted by molar-refractivity contribution is -0.0318. The molecule has 0 aliphatic carbocycles. The van der Waals surface area contributed by atoms with Gasteiger partial charge >= 0.3 is 0 Å². The van der Waals surface area contributed by atoms with Crippen molar-refractivity contribution in [3.8, 4) is 0 Å². The van der Waals surface area contributed by atoms with Gasteiger partial charge in [0.15, 0.2) is 5.43 Å². The molecule has 1 aromatic rings. The van der Waals surface area contributed by atoms with Gasteiger partial charge in [-0.3, -0.25) is 9.69 Å². The number of rotatable bonds is 3. The zero-order chi connectivity index (χ0) is 13.1. The summed E-state index contributed by atoms with van der Waals surface area (Å²) in [5, 5.41) is 9.31. The van der Waals surface area contributed by atoms with E-state index in [1.807, 2.05) is 6.92 Å². The highest BCUT2D eigenvalue weighted by Gasteiger charge is 2.23. The predicted molar refractivity (Wildman–Crippen MR) is 68.6 cm³/mol. The summed E-state index contributed by atoms with van der Waals surface area (Å²) in [5.74, 6) is 0. The van der Waals surface area contributed by atoms with Crippen molar-refractivity contribution in [1.29, 1.82) is 0 Å². The molecule has 0 spiro atoms. The zero-order valence-corrected chi connectivity index (χ0v) is 10.9. The molecule has 1 aromatic heterocycles. The van der Waals surface area contributed by atoms with Crippen molar-refractivity contribution in [1.82, 2.24) is 9.88 Å². The molecule has 0 unspecified atom stereocenters. The van der Waals surface area contributed by atoms with E-state index < -0.39 is 0 Å². The van der Waals surface area contributed by atoms with Gasteiger partial charge in [-0.25, -0.2) is 0 Å². The van der Waals surface area contributed by atoms with Gasteiger partial charge in [-0.2, -0.15) is 0 Å². The minimum Gasteiger partial charge on any atom is -0.395 e. The normalized spacial score (nSPS) is 21.2. The molecule has 18 heavy (non-hydrogen) atoms. The van der Waals surface area contributed by atoms with Crippen molar-refractivity contribution in [3.05, 3.63) is 33.2 Å². The van der Waals surface area contributed by atoms with E-state index in [1.165, 1.54) is 0 Å². The molecule has 5 heteroatoms. The lowest BCUT2D eigenvalue weighted by Crippen LogP contribution is -2.47. The number of nitrogens with zero attached hydrogens (tertiary/aromatic N) is 1. The molecular formula is C13H20N2O3. The molecule has 2 rings (SSSR count). The van der Waals surface area contributed by atoms with Crippen LogP contribution < -0.4 is 5.43 Å². The van der Waals surface area contributed by atoms with Crippen LogP contribution in [0, 0.1) is 13.8 Å². The summed E-state index contributed by atoms with van der Waals surface area (Å²) in [6.07, 6.45) is 1.75. The number of hydrogen-bond acceptors (Lipinski definition) is 4. The number of hydrogen-bond donors (Lipinski definition) is 2. The highest BCUT2D eigenvalue weighted by molar-refractivity contribution is 5.23. The van der Waals surface area contributed by atoms with Crippen LogP contribution in [0.2, 0.25) is 0 Å². The molecule has 1 atom stereocenters. The first-order valence-electron chi connectivity index (χ1n) is 6.24. The number of H-pyrrole nitrogens is 1. The molecule has 0 amide bonds. The first-order valence-corrected chi connectivity index (χ1v) is 6.24. The van der Waals surface area contributed by atoms with Crippen molar-refractivity contribution < 1.29 is 9.84 Å². The van der Waals surface area contributed by atoms with Gasteiger partial charge < -0.3 is 14.8 Å². The average Bonchev–Trinajstić information content (AvgIpc) is 2.40. The fraction of sp³-hybridized carbons (Fsp3) is 0.615. The number of aliphatic hydroxyl groups excluding tert-OH is 1. The van der Waals surface area contributed by atoms with E-state index >= 15 is 0 Å². The fourth-order valence-corrected chi connectivity index (χ4v) is 2.23. The number of nitrogens with one attached hydrogen (secondary N) is 1. The Kier molecular flexibility index (Phi) is 4.16. The van der Waals surface area contributed by atoms with E-state index in [9.17, 15) is 9.90 Å². The molecule has 0 bridgehead atoms. The van der Waals surface area contributed by atoms with Crippen LogP contribution in [0.25, 0.3) is 0 Å². The lowest BCUT2D eigenvalue weighted by atomic mass is 10.1. The van der Waals surface area contributed by atoms with E-state index in [0.717, 1.165) is 23.4 Å². The van der Waals surface area contributed by atoms with Gasteiger partial charge in [0, 0.05) is 36.1 Å². The third-order valence-corrected chi connectivity index (χ3v) is 3.54. The van der Waals surface area contributed by atoms with Crippen LogP contribution in [0.4, 0.5) is 0 Å². The van der Waals surface area contributed by atoms with Gasteiger partial charge in [-0.15, -0.1) is 0 Å². The topological polar surface area (TPSA) is 65.6 Å². The molecule has 1 aliphatic heterocycles. The van der Waals surface area contributed by atoms with Gasteiger partial charge in [-0.05, 0) is 13.8 Å². The molecule has 5 nitrogen and oxygen atoms in total. The molecule has 1 saturated heterocycles. The van der Waals surface area contributed by atoms with Crippen molar-refractivity contribution in [2.75, 3.05) is 26.4 Å². The molecule has 0 radical (unpaired) electrons. The fourth-order valence-electron chi connectivity index (χ4n) is 2.23. The van der Waals surface area contributed by atoms with E-state index in [1.54, 1.807) is 13.1 Å². The second-order valence-electron chi connectivity index (χ2n) is 4.79. The monoisotopic (exact) mass is 252 g/mol. The Morgan fingerprint density at radius 3 is 3.06 bits per heavy atom. The number of ether oxygens (including phenoxy) is 1. The minimum atomic E-state index is 0.0166. The maximum absolute atomic E-state index is 11.9. The zero-order valence-electron chi connectivity index (χ0n) is 10.9. The number of aryl methyl sites for hydroxylation is 1. The maximum Gasteiger partial charge on any atom is 0.187 e. The molecule has 2 heterocycles. The third kappa shape index (κ3) is 2.63. The van der Waals surface area contributed by atoms with Crippen molar-refractivity contribution in [2.24, 2.45) is 0 Å². The molecule has 1 aliphatic rings. The summed E-state index contributed by atoms with van der Waals surface area (Å²) < 4.78 is 5.34. The van der Waals surface area contributed by atoms with E-state index in [-0.39, 0.29) is 18.1 Å². The van der Waals surface area contributed by atoms with E-state index in [0.29, 0.717) is 19.8 Å². The van der Waals surface area contributed by atoms with Crippen molar-refractivity contribution >= 4 is 0 Å².